The molecule has 1 heterocycles. The summed E-state index contributed by atoms with van der Waals surface area (Å²) in [5, 5.41) is 0. The predicted molar refractivity (Wildman–Crippen MR) is 106 cm³/mol. The van der Waals surface area contributed by atoms with Crippen LogP contribution in [0.3, 0.4) is 0 Å². The first-order valence-corrected chi connectivity index (χ1v) is 10.1. The van der Waals surface area contributed by atoms with Crippen molar-refractivity contribution in [1.29, 1.82) is 0 Å². The first kappa shape index (κ1) is 21.4. The van der Waals surface area contributed by atoms with E-state index in [4.69, 9.17) is 9.47 Å². The molecule has 2 atom stereocenters. The summed E-state index contributed by atoms with van der Waals surface area (Å²) in [5.41, 5.74) is 1.52. The smallest absolute Gasteiger partial charge is 0.249 e. The number of hydrogen-bond donors (Lipinski definition) is 0. The molecule has 2 aromatic carbocycles. The molecular formula is C23H27F2NO3. The van der Waals surface area contributed by atoms with Crippen LogP contribution in [0.5, 0.6) is 0 Å². The van der Waals surface area contributed by atoms with Crippen molar-refractivity contribution in [3.63, 3.8) is 0 Å². The summed E-state index contributed by atoms with van der Waals surface area (Å²) in [6.45, 7) is 3.25. The Morgan fingerprint density at radius 1 is 1.21 bits per heavy atom. The van der Waals surface area contributed by atoms with Crippen molar-refractivity contribution in [2.75, 3.05) is 19.8 Å². The highest BCUT2D eigenvalue weighted by Gasteiger charge is 2.25. The van der Waals surface area contributed by atoms with Gasteiger partial charge in [0.15, 0.2) is 0 Å². The van der Waals surface area contributed by atoms with Crippen LogP contribution in [0.1, 0.15) is 43.4 Å². The molecule has 0 spiro atoms. The summed E-state index contributed by atoms with van der Waals surface area (Å²) in [6.07, 6.45) is 2.63. The fourth-order valence-electron chi connectivity index (χ4n) is 3.66. The lowest BCUT2D eigenvalue weighted by Crippen LogP contribution is -2.37. The van der Waals surface area contributed by atoms with Gasteiger partial charge < -0.3 is 14.4 Å². The second-order valence-corrected chi connectivity index (χ2v) is 7.28. The Hall–Kier alpha value is -2.31. The van der Waals surface area contributed by atoms with Gasteiger partial charge in [-0.15, -0.1) is 0 Å². The van der Waals surface area contributed by atoms with E-state index in [2.05, 4.69) is 0 Å². The first-order chi connectivity index (χ1) is 14.1. The van der Waals surface area contributed by atoms with E-state index in [1.165, 1.54) is 24.3 Å². The van der Waals surface area contributed by atoms with Crippen molar-refractivity contribution in [3.8, 4) is 0 Å². The van der Waals surface area contributed by atoms with Gasteiger partial charge in [0.2, 0.25) is 5.91 Å². The fraction of sp³-hybridized carbons (Fsp3) is 0.435. The molecule has 2 unspecified atom stereocenters. The van der Waals surface area contributed by atoms with Crippen LogP contribution in [0.2, 0.25) is 0 Å². The van der Waals surface area contributed by atoms with Crippen LogP contribution in [0.15, 0.2) is 48.5 Å². The third-order valence-corrected chi connectivity index (χ3v) is 5.13. The molecule has 0 N–H and O–H groups in total. The summed E-state index contributed by atoms with van der Waals surface area (Å²) < 4.78 is 38.2. The maximum Gasteiger partial charge on any atom is 0.249 e. The van der Waals surface area contributed by atoms with Crippen molar-refractivity contribution in [3.05, 3.63) is 71.3 Å². The summed E-state index contributed by atoms with van der Waals surface area (Å²) in [4.78, 5) is 14.7. The van der Waals surface area contributed by atoms with Crippen molar-refractivity contribution in [1.82, 2.24) is 4.90 Å². The third-order valence-electron chi connectivity index (χ3n) is 5.13. The Morgan fingerprint density at radius 3 is 2.66 bits per heavy atom. The number of benzene rings is 2. The summed E-state index contributed by atoms with van der Waals surface area (Å²) in [7, 11) is 0. The molecule has 1 saturated heterocycles. The number of hydrogen-bond acceptors (Lipinski definition) is 3. The summed E-state index contributed by atoms with van der Waals surface area (Å²) >= 11 is 0. The molecule has 1 aliphatic heterocycles. The van der Waals surface area contributed by atoms with Crippen LogP contribution < -0.4 is 0 Å². The average molecular weight is 403 g/mol. The molecule has 1 aliphatic rings. The predicted octanol–water partition coefficient (Wildman–Crippen LogP) is 4.64. The Kier molecular flexibility index (Phi) is 7.72. The number of halogens is 2. The van der Waals surface area contributed by atoms with Crippen LogP contribution in [-0.4, -0.2) is 36.7 Å². The van der Waals surface area contributed by atoms with E-state index in [0.29, 0.717) is 18.6 Å². The SMILES string of the molecule is CCC(c1ccc(F)cc1)N(Cc1cccc(F)c1)C(=O)COCC1CCCO1. The largest absolute Gasteiger partial charge is 0.376 e. The molecule has 1 amide bonds. The van der Waals surface area contributed by atoms with E-state index in [1.807, 2.05) is 6.92 Å². The number of rotatable bonds is 9. The minimum atomic E-state index is -0.348. The lowest BCUT2D eigenvalue weighted by atomic mass is 10.0. The molecular weight excluding hydrogens is 376 g/mol. The second-order valence-electron chi connectivity index (χ2n) is 7.28. The average Bonchev–Trinajstić information content (AvgIpc) is 3.22. The molecule has 4 nitrogen and oxygen atoms in total. The van der Waals surface area contributed by atoms with E-state index >= 15 is 0 Å². The molecule has 1 fully saturated rings. The lowest BCUT2D eigenvalue weighted by Gasteiger charge is -2.32. The minimum Gasteiger partial charge on any atom is -0.376 e. The van der Waals surface area contributed by atoms with E-state index < -0.39 is 0 Å². The highest BCUT2D eigenvalue weighted by molar-refractivity contribution is 5.78. The van der Waals surface area contributed by atoms with Gasteiger partial charge >= 0.3 is 0 Å². The topological polar surface area (TPSA) is 38.8 Å². The van der Waals surface area contributed by atoms with Gasteiger partial charge in [0.1, 0.15) is 18.2 Å². The molecule has 0 saturated carbocycles. The van der Waals surface area contributed by atoms with Gasteiger partial charge in [-0.3, -0.25) is 4.79 Å². The molecule has 29 heavy (non-hydrogen) atoms. The minimum absolute atomic E-state index is 0.0403. The van der Waals surface area contributed by atoms with Gasteiger partial charge in [0.25, 0.3) is 0 Å². The van der Waals surface area contributed by atoms with Gasteiger partial charge in [-0.1, -0.05) is 31.2 Å². The number of nitrogens with zero attached hydrogens (tertiary/aromatic N) is 1. The molecule has 2 aromatic rings. The third kappa shape index (κ3) is 6.08. The Balaban J connectivity index is 1.75. The molecule has 0 bridgehead atoms. The van der Waals surface area contributed by atoms with Gasteiger partial charge in [-0.05, 0) is 54.7 Å². The van der Waals surface area contributed by atoms with Gasteiger partial charge in [-0.25, -0.2) is 8.78 Å². The van der Waals surface area contributed by atoms with Crippen LogP contribution >= 0.6 is 0 Å². The van der Waals surface area contributed by atoms with E-state index in [0.717, 1.165) is 25.0 Å². The van der Waals surface area contributed by atoms with Gasteiger partial charge in [-0.2, -0.15) is 0 Å². The lowest BCUT2D eigenvalue weighted by molar-refractivity contribution is -0.140. The zero-order chi connectivity index (χ0) is 20.6. The maximum absolute atomic E-state index is 13.7. The number of amides is 1. The van der Waals surface area contributed by atoms with Crippen LogP contribution in [0.25, 0.3) is 0 Å². The molecule has 0 aliphatic carbocycles. The van der Waals surface area contributed by atoms with Crippen molar-refractivity contribution in [2.45, 2.75) is 44.9 Å². The molecule has 6 heteroatoms. The Labute approximate surface area is 170 Å². The molecule has 0 aromatic heterocycles. The summed E-state index contributed by atoms with van der Waals surface area (Å²) in [6, 6.07) is 12.1. The molecule has 3 rings (SSSR count). The van der Waals surface area contributed by atoms with Crippen LogP contribution in [-0.2, 0) is 20.8 Å². The van der Waals surface area contributed by atoms with Crippen LogP contribution in [0, 0.1) is 11.6 Å². The quantitative estimate of drug-likeness (QED) is 0.612. The van der Waals surface area contributed by atoms with Crippen molar-refractivity contribution in [2.24, 2.45) is 0 Å². The normalized spacial score (nSPS) is 17.3. The molecule has 0 radical (unpaired) electrons. The standard InChI is InChI=1S/C23H27F2NO3/c1-2-22(18-8-10-19(24)11-9-18)26(14-17-5-3-6-20(25)13-17)23(27)16-28-15-21-7-4-12-29-21/h3,5-6,8-11,13,21-22H,2,4,7,12,14-16H2,1H3. The Bertz CT molecular complexity index is 791. The van der Waals surface area contributed by atoms with Crippen molar-refractivity contribution >= 4 is 5.91 Å². The summed E-state index contributed by atoms with van der Waals surface area (Å²) in [5.74, 6) is -0.866. The molecule has 156 valence electrons. The van der Waals surface area contributed by atoms with Crippen molar-refractivity contribution < 1.29 is 23.0 Å². The zero-order valence-corrected chi connectivity index (χ0v) is 16.7. The van der Waals surface area contributed by atoms with E-state index in [-0.39, 0.29) is 42.8 Å². The van der Waals surface area contributed by atoms with Gasteiger partial charge in [0.05, 0.1) is 18.8 Å². The second kappa shape index (κ2) is 10.5. The number of carbonyl (C=O) groups is 1. The zero-order valence-electron chi connectivity index (χ0n) is 16.7. The monoisotopic (exact) mass is 403 g/mol. The van der Waals surface area contributed by atoms with Gasteiger partial charge in [0, 0.05) is 13.2 Å². The number of carbonyl (C=O) groups excluding carboxylic acids is 1. The number of ether oxygens (including phenoxy) is 2. The van der Waals surface area contributed by atoms with E-state index in [1.54, 1.807) is 29.2 Å². The maximum atomic E-state index is 13.7. The van der Waals surface area contributed by atoms with Crippen LogP contribution in [0.4, 0.5) is 8.78 Å². The fourth-order valence-corrected chi connectivity index (χ4v) is 3.66. The highest BCUT2D eigenvalue weighted by Crippen LogP contribution is 2.27. The highest BCUT2D eigenvalue weighted by atomic mass is 19.1. The van der Waals surface area contributed by atoms with E-state index in [9.17, 15) is 13.6 Å². The first-order valence-electron chi connectivity index (χ1n) is 10.1. The Morgan fingerprint density at radius 2 is 2.00 bits per heavy atom.